The fraction of sp³-hybridized carbons (Fsp3) is 0.350. The molecule has 0 aliphatic carbocycles. The minimum Gasteiger partial charge on any atom is -0.493 e. The number of anilines is 1. The number of hydrogen-bond acceptors (Lipinski definition) is 8. The molecule has 0 saturated carbocycles. The molecule has 1 aliphatic heterocycles. The molecule has 10 heteroatoms. The van der Waals surface area contributed by atoms with Crippen LogP contribution in [-0.2, 0) is 19.7 Å². The molecule has 4 rings (SSSR count). The molecule has 30 heavy (non-hydrogen) atoms. The van der Waals surface area contributed by atoms with Crippen LogP contribution >= 0.6 is 15.9 Å². The summed E-state index contributed by atoms with van der Waals surface area (Å²) in [6.07, 6.45) is 0. The fourth-order valence-corrected chi connectivity index (χ4v) is 3.68. The topological polar surface area (TPSA) is 92.6 Å². The Bertz CT molecular complexity index is 1030. The Kier molecular flexibility index (Phi) is 6.22. The number of aromatic nitrogens is 4. The summed E-state index contributed by atoms with van der Waals surface area (Å²) in [6, 6.07) is 9.71. The second-order valence-corrected chi connectivity index (χ2v) is 7.40. The molecule has 2 heterocycles. The first-order chi connectivity index (χ1) is 14.7. The van der Waals surface area contributed by atoms with E-state index in [1.54, 1.807) is 11.8 Å². The van der Waals surface area contributed by atoms with E-state index in [9.17, 15) is 0 Å². The maximum atomic E-state index is 6.05. The van der Waals surface area contributed by atoms with E-state index in [0.29, 0.717) is 50.4 Å². The van der Waals surface area contributed by atoms with Gasteiger partial charge in [-0.2, -0.15) is 0 Å². The average Bonchev–Trinajstić information content (AvgIpc) is 3.24. The monoisotopic (exact) mass is 475 g/mol. The van der Waals surface area contributed by atoms with E-state index < -0.39 is 0 Å². The second kappa shape index (κ2) is 9.21. The number of ether oxygens (including phenoxy) is 4. The number of halogens is 1. The van der Waals surface area contributed by atoms with Crippen molar-refractivity contribution in [2.75, 3.05) is 25.6 Å². The highest BCUT2D eigenvalue weighted by Crippen LogP contribution is 2.38. The molecular weight excluding hydrogens is 454 g/mol. The number of hydrogen-bond donors (Lipinski definition) is 1. The molecule has 0 unspecified atom stereocenters. The molecule has 0 bridgehead atoms. The lowest BCUT2D eigenvalue weighted by Crippen LogP contribution is -2.15. The fourth-order valence-electron chi connectivity index (χ4n) is 3.07. The third kappa shape index (κ3) is 4.43. The van der Waals surface area contributed by atoms with Gasteiger partial charge in [-0.15, -0.1) is 0 Å². The Morgan fingerprint density at radius 1 is 1.13 bits per heavy atom. The molecule has 1 N–H and O–H groups in total. The van der Waals surface area contributed by atoms with Gasteiger partial charge in [0.1, 0.15) is 19.8 Å². The van der Waals surface area contributed by atoms with Gasteiger partial charge in [-0.1, -0.05) is 11.2 Å². The molecular formula is C20H22BrN5O4. The third-order valence-corrected chi connectivity index (χ3v) is 5.15. The van der Waals surface area contributed by atoms with Gasteiger partial charge in [0.05, 0.1) is 11.6 Å². The van der Waals surface area contributed by atoms with E-state index in [-0.39, 0.29) is 0 Å². The smallest absolute Gasteiger partial charge is 0.243 e. The Hall–Kier alpha value is -3.01. The third-order valence-electron chi connectivity index (χ3n) is 4.56. The van der Waals surface area contributed by atoms with Crippen LogP contribution in [0.2, 0.25) is 0 Å². The van der Waals surface area contributed by atoms with Crippen molar-refractivity contribution < 1.29 is 18.9 Å². The van der Waals surface area contributed by atoms with Crippen LogP contribution in [0.25, 0.3) is 0 Å². The van der Waals surface area contributed by atoms with Crippen LogP contribution in [0.4, 0.5) is 5.95 Å². The Morgan fingerprint density at radius 2 is 1.97 bits per heavy atom. The number of rotatable bonds is 8. The van der Waals surface area contributed by atoms with Crippen molar-refractivity contribution in [2.24, 2.45) is 0 Å². The van der Waals surface area contributed by atoms with Crippen molar-refractivity contribution in [1.82, 2.24) is 20.2 Å². The summed E-state index contributed by atoms with van der Waals surface area (Å²) in [4.78, 5) is 0. The second-order valence-electron chi connectivity index (χ2n) is 6.55. The Balaban J connectivity index is 1.45. The average molecular weight is 476 g/mol. The summed E-state index contributed by atoms with van der Waals surface area (Å²) in [5, 5.41) is 14.8. The molecule has 0 spiro atoms. The zero-order chi connectivity index (χ0) is 20.9. The van der Waals surface area contributed by atoms with Crippen molar-refractivity contribution >= 4 is 21.9 Å². The molecule has 0 saturated heterocycles. The van der Waals surface area contributed by atoms with Crippen LogP contribution in [0, 0.1) is 0 Å². The lowest BCUT2D eigenvalue weighted by Gasteiger charge is -2.19. The number of benzene rings is 2. The minimum absolute atomic E-state index is 0.370. The molecule has 2 aromatic carbocycles. The van der Waals surface area contributed by atoms with Crippen molar-refractivity contribution in [3.05, 3.63) is 45.9 Å². The summed E-state index contributed by atoms with van der Waals surface area (Å²) >= 11 is 3.60. The van der Waals surface area contributed by atoms with Gasteiger partial charge in [0.25, 0.3) is 0 Å². The van der Waals surface area contributed by atoms with Crippen LogP contribution in [0.3, 0.4) is 0 Å². The van der Waals surface area contributed by atoms with Crippen molar-refractivity contribution in [2.45, 2.75) is 26.6 Å². The summed E-state index contributed by atoms with van der Waals surface area (Å²) in [5.74, 6) is 3.38. The largest absolute Gasteiger partial charge is 0.493 e. The first-order valence-electron chi connectivity index (χ1n) is 9.55. The number of fused-ring (bicyclic) bond motifs is 1. The molecule has 0 radical (unpaired) electrons. The van der Waals surface area contributed by atoms with E-state index in [0.717, 1.165) is 27.1 Å². The lowest BCUT2D eigenvalue weighted by atomic mass is 10.2. The highest BCUT2D eigenvalue weighted by atomic mass is 79.9. The number of aryl methyl sites for hydroxylation is 1. The van der Waals surface area contributed by atoms with Gasteiger partial charge in [0.2, 0.25) is 5.95 Å². The molecule has 0 atom stereocenters. The number of nitrogens with one attached hydrogen (secondary N) is 1. The van der Waals surface area contributed by atoms with E-state index in [2.05, 4.69) is 36.8 Å². The highest BCUT2D eigenvalue weighted by Gasteiger charge is 2.15. The standard InChI is InChI=1S/C20H22BrN5O4/c1-3-26-20(23-24-25-26)22-11-14-8-15(21)19(18(10-14)27-2)30-12-13-4-5-16-17(9-13)29-7-6-28-16/h4-5,8-10H,3,6-7,11-12H2,1-2H3,(H,22,23,25). The van der Waals surface area contributed by atoms with Gasteiger partial charge in [0, 0.05) is 13.1 Å². The quantitative estimate of drug-likeness (QED) is 0.529. The number of tetrazole rings is 1. The molecule has 3 aromatic rings. The van der Waals surface area contributed by atoms with Crippen LogP contribution in [0.15, 0.2) is 34.8 Å². The molecule has 1 aliphatic rings. The maximum absolute atomic E-state index is 6.05. The molecule has 1 aromatic heterocycles. The van der Waals surface area contributed by atoms with Crippen molar-refractivity contribution in [1.29, 1.82) is 0 Å². The van der Waals surface area contributed by atoms with Crippen LogP contribution < -0.4 is 24.3 Å². The SMILES string of the molecule is CCn1nnnc1NCc1cc(Br)c(OCc2ccc3c(c2)OCCO3)c(OC)c1. The molecule has 158 valence electrons. The van der Waals surface area contributed by atoms with E-state index in [1.165, 1.54) is 0 Å². The summed E-state index contributed by atoms with van der Waals surface area (Å²) in [7, 11) is 1.62. The van der Waals surface area contributed by atoms with Crippen molar-refractivity contribution in [3.63, 3.8) is 0 Å². The van der Waals surface area contributed by atoms with Gasteiger partial charge in [0.15, 0.2) is 23.0 Å². The summed E-state index contributed by atoms with van der Waals surface area (Å²) in [5.41, 5.74) is 1.97. The summed E-state index contributed by atoms with van der Waals surface area (Å²) < 4.78 is 25.3. The van der Waals surface area contributed by atoms with Gasteiger partial charge < -0.3 is 24.3 Å². The zero-order valence-corrected chi connectivity index (χ0v) is 18.3. The first kappa shape index (κ1) is 20.3. The van der Waals surface area contributed by atoms with Gasteiger partial charge >= 0.3 is 0 Å². The van der Waals surface area contributed by atoms with E-state index in [4.69, 9.17) is 18.9 Å². The Labute approximate surface area is 182 Å². The molecule has 0 fully saturated rings. The van der Waals surface area contributed by atoms with E-state index in [1.807, 2.05) is 37.3 Å². The predicted octanol–water partition coefficient (Wildman–Crippen LogP) is 3.43. The number of nitrogens with zero attached hydrogens (tertiary/aromatic N) is 4. The number of methoxy groups -OCH3 is 1. The van der Waals surface area contributed by atoms with Crippen LogP contribution in [0.1, 0.15) is 18.1 Å². The van der Waals surface area contributed by atoms with Gasteiger partial charge in [-0.3, -0.25) is 0 Å². The lowest BCUT2D eigenvalue weighted by molar-refractivity contribution is 0.171. The normalized spacial score (nSPS) is 12.5. The summed E-state index contributed by atoms with van der Waals surface area (Å²) in [6.45, 7) is 4.70. The minimum atomic E-state index is 0.370. The molecule has 9 nitrogen and oxygen atoms in total. The zero-order valence-electron chi connectivity index (χ0n) is 16.7. The van der Waals surface area contributed by atoms with Gasteiger partial charge in [-0.05, 0) is 68.7 Å². The maximum Gasteiger partial charge on any atom is 0.243 e. The van der Waals surface area contributed by atoms with Crippen LogP contribution in [0.5, 0.6) is 23.0 Å². The molecule has 0 amide bonds. The van der Waals surface area contributed by atoms with Crippen molar-refractivity contribution in [3.8, 4) is 23.0 Å². The highest BCUT2D eigenvalue weighted by molar-refractivity contribution is 9.10. The van der Waals surface area contributed by atoms with E-state index >= 15 is 0 Å². The van der Waals surface area contributed by atoms with Gasteiger partial charge in [-0.25, -0.2) is 4.68 Å². The van der Waals surface area contributed by atoms with Crippen LogP contribution in [-0.4, -0.2) is 40.5 Å². The predicted molar refractivity (Wildman–Crippen MR) is 113 cm³/mol. The Morgan fingerprint density at radius 3 is 2.77 bits per heavy atom. The first-order valence-corrected chi connectivity index (χ1v) is 10.3.